The van der Waals surface area contributed by atoms with Gasteiger partial charge in [-0.05, 0) is 96.4 Å². The van der Waals surface area contributed by atoms with Crippen LogP contribution in [-0.4, -0.2) is 47.1 Å². The van der Waals surface area contributed by atoms with Crippen LogP contribution < -0.4 is 0 Å². The fourth-order valence-corrected chi connectivity index (χ4v) is 6.13. The first-order valence-electron chi connectivity index (χ1n) is 9.85. The first kappa shape index (κ1) is 15.4. The number of rotatable bonds is 3. The van der Waals surface area contributed by atoms with Crippen molar-refractivity contribution in [3.63, 3.8) is 0 Å². The summed E-state index contributed by atoms with van der Waals surface area (Å²) in [6.45, 7) is 13.8. The van der Waals surface area contributed by atoms with E-state index in [4.69, 9.17) is 0 Å². The van der Waals surface area contributed by atoms with E-state index in [0.29, 0.717) is 11.0 Å². The van der Waals surface area contributed by atoms with Crippen LogP contribution in [0.5, 0.6) is 0 Å². The summed E-state index contributed by atoms with van der Waals surface area (Å²) in [5.74, 6) is 2.07. The van der Waals surface area contributed by atoms with Crippen molar-refractivity contribution in [1.82, 2.24) is 9.80 Å². The minimum Gasteiger partial charge on any atom is -0.298 e. The second-order valence-corrected chi connectivity index (χ2v) is 10.2. The van der Waals surface area contributed by atoms with E-state index < -0.39 is 0 Å². The van der Waals surface area contributed by atoms with E-state index >= 15 is 0 Å². The average molecular weight is 305 g/mol. The summed E-state index contributed by atoms with van der Waals surface area (Å²) < 4.78 is 0. The lowest BCUT2D eigenvalue weighted by Crippen LogP contribution is -2.40. The standard InChI is InChI=1S/C20H36N2/c1-15(22-13-17-10-18(22)11-17)9-16-5-6-20(12-16)7-8-21(14-20)19(2,3)4/h15-18H,5-14H2,1-4H3. The van der Waals surface area contributed by atoms with Gasteiger partial charge in [-0.2, -0.15) is 0 Å². The van der Waals surface area contributed by atoms with E-state index in [2.05, 4.69) is 37.5 Å². The molecule has 126 valence electrons. The number of fused-ring (bicyclic) bond motifs is 1. The van der Waals surface area contributed by atoms with Gasteiger partial charge in [0.05, 0.1) is 0 Å². The SMILES string of the molecule is CC(CC1CCC2(CCN(C(C)(C)C)C2)C1)N1CC2CC1C2. The number of nitrogens with zero attached hydrogens (tertiary/aromatic N) is 2. The summed E-state index contributed by atoms with van der Waals surface area (Å²) >= 11 is 0. The van der Waals surface area contributed by atoms with Crippen molar-refractivity contribution in [2.24, 2.45) is 17.3 Å². The molecule has 3 saturated heterocycles. The van der Waals surface area contributed by atoms with Crippen LogP contribution in [0.4, 0.5) is 0 Å². The molecule has 3 heterocycles. The lowest BCUT2D eigenvalue weighted by Gasteiger charge is -2.34. The van der Waals surface area contributed by atoms with Gasteiger partial charge in [0.15, 0.2) is 0 Å². The summed E-state index contributed by atoms with van der Waals surface area (Å²) in [4.78, 5) is 5.60. The number of hydrogen-bond donors (Lipinski definition) is 0. The summed E-state index contributed by atoms with van der Waals surface area (Å²) in [5, 5.41) is 0. The van der Waals surface area contributed by atoms with Crippen molar-refractivity contribution in [1.29, 1.82) is 0 Å². The maximum Gasteiger partial charge on any atom is 0.0125 e. The van der Waals surface area contributed by atoms with Gasteiger partial charge in [0.1, 0.15) is 0 Å². The molecule has 5 aliphatic rings. The highest BCUT2D eigenvalue weighted by Gasteiger charge is 2.48. The largest absolute Gasteiger partial charge is 0.298 e. The molecule has 3 unspecified atom stereocenters. The van der Waals surface area contributed by atoms with Crippen molar-refractivity contribution < 1.29 is 0 Å². The Labute approximate surface area is 137 Å². The first-order valence-corrected chi connectivity index (χ1v) is 9.85. The molecule has 2 bridgehead atoms. The molecule has 2 heteroatoms. The van der Waals surface area contributed by atoms with E-state index in [0.717, 1.165) is 23.9 Å². The fraction of sp³-hybridized carbons (Fsp3) is 1.00. The molecule has 5 rings (SSSR count). The number of likely N-dealkylation sites (tertiary alicyclic amines) is 1. The van der Waals surface area contributed by atoms with Crippen LogP contribution in [0.1, 0.15) is 72.6 Å². The van der Waals surface area contributed by atoms with Crippen LogP contribution in [0.25, 0.3) is 0 Å². The minimum absolute atomic E-state index is 0.366. The van der Waals surface area contributed by atoms with Gasteiger partial charge >= 0.3 is 0 Å². The minimum atomic E-state index is 0.366. The first-order chi connectivity index (χ1) is 10.3. The zero-order valence-corrected chi connectivity index (χ0v) is 15.3. The topological polar surface area (TPSA) is 6.48 Å². The quantitative estimate of drug-likeness (QED) is 0.773. The molecular weight excluding hydrogens is 268 g/mol. The molecule has 0 amide bonds. The van der Waals surface area contributed by atoms with Crippen molar-refractivity contribution in [2.45, 2.75) is 90.3 Å². The molecule has 2 saturated carbocycles. The highest BCUT2D eigenvalue weighted by molar-refractivity contribution is 5.02. The van der Waals surface area contributed by atoms with Gasteiger partial charge < -0.3 is 0 Å². The fourth-order valence-electron chi connectivity index (χ4n) is 6.13. The second kappa shape index (κ2) is 5.21. The van der Waals surface area contributed by atoms with Gasteiger partial charge in [0.25, 0.3) is 0 Å². The molecule has 0 aromatic rings. The average Bonchev–Trinajstić information content (AvgIpc) is 3.13. The highest BCUT2D eigenvalue weighted by Crippen LogP contribution is 2.51. The molecule has 22 heavy (non-hydrogen) atoms. The third-order valence-electron chi connectivity index (χ3n) is 7.58. The van der Waals surface area contributed by atoms with Crippen molar-refractivity contribution in [2.75, 3.05) is 19.6 Å². The zero-order chi connectivity index (χ0) is 15.5. The van der Waals surface area contributed by atoms with Crippen molar-refractivity contribution in [3.05, 3.63) is 0 Å². The Hall–Kier alpha value is -0.0800. The molecule has 2 aliphatic carbocycles. The lowest BCUT2D eigenvalue weighted by atomic mass is 9.83. The molecule has 5 fully saturated rings. The van der Waals surface area contributed by atoms with E-state index in [1.54, 1.807) is 0 Å². The van der Waals surface area contributed by atoms with Gasteiger partial charge in [-0.1, -0.05) is 0 Å². The molecule has 0 aromatic carbocycles. The third-order valence-corrected chi connectivity index (χ3v) is 7.58. The summed E-state index contributed by atoms with van der Waals surface area (Å²) in [6, 6.07) is 1.82. The van der Waals surface area contributed by atoms with Crippen LogP contribution in [0.2, 0.25) is 0 Å². The summed E-state index contributed by atoms with van der Waals surface area (Å²) in [5.41, 5.74) is 1.05. The van der Waals surface area contributed by atoms with E-state index in [-0.39, 0.29) is 0 Å². The zero-order valence-electron chi connectivity index (χ0n) is 15.3. The summed E-state index contributed by atoms with van der Waals surface area (Å²) in [7, 11) is 0. The monoisotopic (exact) mass is 304 g/mol. The predicted molar refractivity (Wildman–Crippen MR) is 93.0 cm³/mol. The van der Waals surface area contributed by atoms with Crippen LogP contribution in [-0.2, 0) is 0 Å². The third kappa shape index (κ3) is 2.65. The highest BCUT2D eigenvalue weighted by atomic mass is 15.2. The molecule has 0 radical (unpaired) electrons. The van der Waals surface area contributed by atoms with E-state index in [1.807, 2.05) is 0 Å². The Bertz CT molecular complexity index is 420. The van der Waals surface area contributed by atoms with E-state index in [9.17, 15) is 0 Å². The van der Waals surface area contributed by atoms with Crippen molar-refractivity contribution in [3.8, 4) is 0 Å². The second-order valence-electron chi connectivity index (χ2n) is 10.2. The summed E-state index contributed by atoms with van der Waals surface area (Å²) in [6.07, 6.45) is 10.5. The predicted octanol–water partition coefficient (Wildman–Crippen LogP) is 4.15. The Kier molecular flexibility index (Phi) is 3.66. The van der Waals surface area contributed by atoms with Crippen molar-refractivity contribution >= 4 is 0 Å². The Balaban J connectivity index is 1.31. The Morgan fingerprint density at radius 1 is 1.18 bits per heavy atom. The maximum atomic E-state index is 2.85. The van der Waals surface area contributed by atoms with E-state index in [1.165, 1.54) is 64.6 Å². The smallest absolute Gasteiger partial charge is 0.0125 e. The van der Waals surface area contributed by atoms with Crippen LogP contribution in [0, 0.1) is 17.3 Å². The normalized spacial score (nSPS) is 43.9. The van der Waals surface area contributed by atoms with Gasteiger partial charge in [0, 0.05) is 30.7 Å². The van der Waals surface area contributed by atoms with Gasteiger partial charge in [-0.15, -0.1) is 0 Å². The molecule has 0 N–H and O–H groups in total. The van der Waals surface area contributed by atoms with Gasteiger partial charge in [-0.3, -0.25) is 9.80 Å². The molecule has 2 nitrogen and oxygen atoms in total. The molecule has 3 aliphatic heterocycles. The van der Waals surface area contributed by atoms with Gasteiger partial charge in [-0.25, -0.2) is 0 Å². The van der Waals surface area contributed by atoms with Crippen LogP contribution in [0.15, 0.2) is 0 Å². The molecular formula is C20H36N2. The van der Waals surface area contributed by atoms with Crippen LogP contribution >= 0.6 is 0 Å². The lowest BCUT2D eigenvalue weighted by molar-refractivity contribution is 0.143. The Morgan fingerprint density at radius 2 is 1.95 bits per heavy atom. The Morgan fingerprint density at radius 3 is 2.55 bits per heavy atom. The van der Waals surface area contributed by atoms with Crippen LogP contribution in [0.3, 0.4) is 0 Å². The molecule has 1 spiro atoms. The molecule has 0 aromatic heterocycles. The van der Waals surface area contributed by atoms with Gasteiger partial charge in [0.2, 0.25) is 0 Å². The molecule has 3 atom stereocenters. The maximum absolute atomic E-state index is 2.85. The number of hydrogen-bond acceptors (Lipinski definition) is 2.